The molecule has 2 heterocycles. The van der Waals surface area contributed by atoms with E-state index < -0.39 is 17.7 Å². The molecule has 164 valence electrons. The number of rotatable bonds is 4. The van der Waals surface area contributed by atoms with Crippen molar-refractivity contribution >= 4 is 55.7 Å². The number of carbonyl (C=O) groups is 2. The van der Waals surface area contributed by atoms with Gasteiger partial charge in [0.15, 0.2) is 5.13 Å². The van der Waals surface area contributed by atoms with Gasteiger partial charge in [-0.25, -0.2) is 4.98 Å². The molecule has 0 bridgehead atoms. The number of ether oxygens (including phenoxy) is 1. The number of aromatic nitrogens is 1. The Labute approximate surface area is 198 Å². The van der Waals surface area contributed by atoms with Crippen LogP contribution in [0.3, 0.4) is 0 Å². The number of thiazole rings is 1. The lowest BCUT2D eigenvalue weighted by atomic mass is 9.95. The second-order valence-electron chi connectivity index (χ2n) is 7.41. The molecule has 8 heteroatoms. The lowest BCUT2D eigenvalue weighted by Gasteiger charge is -2.23. The zero-order valence-electron chi connectivity index (χ0n) is 17.4. The average Bonchev–Trinajstić information content (AvgIpc) is 3.37. The van der Waals surface area contributed by atoms with Gasteiger partial charge in [-0.2, -0.15) is 0 Å². The number of fused-ring (bicyclic) bond motifs is 1. The molecule has 1 unspecified atom stereocenters. The van der Waals surface area contributed by atoms with E-state index in [-0.39, 0.29) is 11.3 Å². The number of benzene rings is 3. The van der Waals surface area contributed by atoms with Crippen LogP contribution in [-0.2, 0) is 9.59 Å². The van der Waals surface area contributed by atoms with E-state index in [4.69, 9.17) is 16.3 Å². The van der Waals surface area contributed by atoms with Crippen LogP contribution in [0, 0.1) is 0 Å². The van der Waals surface area contributed by atoms with Crippen LogP contribution in [-0.4, -0.2) is 28.9 Å². The van der Waals surface area contributed by atoms with Crippen LogP contribution in [0.15, 0.2) is 78.4 Å². The van der Waals surface area contributed by atoms with Gasteiger partial charge >= 0.3 is 5.91 Å². The number of Topliss-reactive ketones (excluding diaryl/α,β-unsaturated/α-hetero) is 1. The molecule has 4 aromatic rings. The number of halogens is 1. The molecular formula is C25H17ClN2O4S. The molecule has 0 saturated carbocycles. The third kappa shape index (κ3) is 3.65. The highest BCUT2D eigenvalue weighted by molar-refractivity contribution is 7.22. The lowest BCUT2D eigenvalue weighted by Crippen LogP contribution is -2.29. The molecule has 5 rings (SSSR count). The molecule has 6 nitrogen and oxygen atoms in total. The first-order valence-corrected chi connectivity index (χ1v) is 11.2. The van der Waals surface area contributed by atoms with Gasteiger partial charge in [0.1, 0.15) is 11.5 Å². The van der Waals surface area contributed by atoms with E-state index in [0.29, 0.717) is 27.0 Å². The van der Waals surface area contributed by atoms with Crippen LogP contribution < -0.4 is 9.64 Å². The summed E-state index contributed by atoms with van der Waals surface area (Å²) >= 11 is 7.29. The number of amides is 1. The number of hydrogen-bond acceptors (Lipinski definition) is 6. The number of hydrogen-bond donors (Lipinski definition) is 1. The van der Waals surface area contributed by atoms with Gasteiger partial charge in [-0.05, 0) is 54.1 Å². The van der Waals surface area contributed by atoms with Crippen LogP contribution in [0.4, 0.5) is 5.13 Å². The summed E-state index contributed by atoms with van der Waals surface area (Å²) < 4.78 is 6.14. The molecule has 1 aliphatic rings. The Kier molecular flexibility index (Phi) is 5.36. The minimum Gasteiger partial charge on any atom is -0.507 e. The SMILES string of the molecule is COc1ccc(C2/C(=C(\O)c3ccc(Cl)cc3)C(=O)C(=O)N2c2nc3ccccc3s2)cc1. The van der Waals surface area contributed by atoms with Crippen molar-refractivity contribution in [1.82, 2.24) is 4.98 Å². The van der Waals surface area contributed by atoms with E-state index >= 15 is 0 Å². The van der Waals surface area contributed by atoms with Crippen molar-refractivity contribution in [3.05, 3.63) is 94.5 Å². The van der Waals surface area contributed by atoms with Crippen LogP contribution in [0.2, 0.25) is 5.02 Å². The first-order chi connectivity index (χ1) is 16.0. The van der Waals surface area contributed by atoms with E-state index in [1.807, 2.05) is 24.3 Å². The van der Waals surface area contributed by atoms with Gasteiger partial charge < -0.3 is 9.84 Å². The minimum absolute atomic E-state index is 0.00764. The second-order valence-corrected chi connectivity index (χ2v) is 8.86. The summed E-state index contributed by atoms with van der Waals surface area (Å²) in [5.74, 6) is -1.16. The predicted molar refractivity (Wildman–Crippen MR) is 129 cm³/mol. The lowest BCUT2D eigenvalue weighted by molar-refractivity contribution is -0.132. The number of carbonyl (C=O) groups excluding carboxylic acids is 2. The fraction of sp³-hybridized carbons (Fsp3) is 0.0800. The van der Waals surface area contributed by atoms with Crippen LogP contribution >= 0.6 is 22.9 Å². The molecule has 1 amide bonds. The third-order valence-corrected chi connectivity index (χ3v) is 6.77. The second kappa shape index (κ2) is 8.35. The highest BCUT2D eigenvalue weighted by atomic mass is 35.5. The van der Waals surface area contributed by atoms with Crippen LogP contribution in [0.5, 0.6) is 5.75 Å². The standard InChI is InChI=1S/C25H17ClN2O4S/c1-32-17-12-8-14(9-13-17)21-20(22(29)15-6-10-16(26)11-7-15)23(30)24(31)28(21)25-27-18-4-2-3-5-19(18)33-25/h2-13,21,29H,1H3/b22-20+. The summed E-state index contributed by atoms with van der Waals surface area (Å²) in [7, 11) is 1.56. The van der Waals surface area contributed by atoms with Crippen molar-refractivity contribution in [1.29, 1.82) is 0 Å². The van der Waals surface area contributed by atoms with Gasteiger partial charge in [0, 0.05) is 10.6 Å². The van der Waals surface area contributed by atoms with Crippen molar-refractivity contribution in [2.75, 3.05) is 12.0 Å². The Bertz CT molecular complexity index is 1380. The summed E-state index contributed by atoms with van der Waals surface area (Å²) in [6.07, 6.45) is 0. The molecule has 3 aromatic carbocycles. The van der Waals surface area contributed by atoms with Crippen LogP contribution in [0.1, 0.15) is 17.2 Å². The molecule has 1 saturated heterocycles. The summed E-state index contributed by atoms with van der Waals surface area (Å²) in [6, 6.07) is 20.1. The number of para-hydroxylation sites is 1. The minimum atomic E-state index is -0.854. The zero-order valence-corrected chi connectivity index (χ0v) is 18.9. The largest absolute Gasteiger partial charge is 0.507 e. The zero-order chi connectivity index (χ0) is 23.1. The molecule has 0 spiro atoms. The average molecular weight is 477 g/mol. The summed E-state index contributed by atoms with van der Waals surface area (Å²) in [6.45, 7) is 0. The maximum Gasteiger partial charge on any atom is 0.301 e. The molecule has 0 radical (unpaired) electrons. The fourth-order valence-electron chi connectivity index (χ4n) is 3.86. The normalized spacial score (nSPS) is 17.6. The van der Waals surface area contributed by atoms with Crippen molar-refractivity contribution < 1.29 is 19.4 Å². The highest BCUT2D eigenvalue weighted by Crippen LogP contribution is 2.44. The Balaban J connectivity index is 1.72. The smallest absolute Gasteiger partial charge is 0.301 e. The molecule has 33 heavy (non-hydrogen) atoms. The number of aliphatic hydroxyl groups is 1. The van der Waals surface area contributed by atoms with Crippen molar-refractivity contribution in [3.63, 3.8) is 0 Å². The molecule has 1 atom stereocenters. The van der Waals surface area contributed by atoms with Gasteiger partial charge in [-0.1, -0.05) is 47.2 Å². The number of nitrogens with zero attached hydrogens (tertiary/aromatic N) is 2. The molecule has 1 aliphatic heterocycles. The van der Waals surface area contributed by atoms with Crippen molar-refractivity contribution in [2.45, 2.75) is 6.04 Å². The number of anilines is 1. The van der Waals surface area contributed by atoms with E-state index in [2.05, 4.69) is 4.98 Å². The van der Waals surface area contributed by atoms with E-state index in [0.717, 1.165) is 10.2 Å². The molecule has 1 fully saturated rings. The Morgan fingerprint density at radius 1 is 1.03 bits per heavy atom. The molecule has 1 aromatic heterocycles. The Hall–Kier alpha value is -3.68. The number of aliphatic hydroxyl groups excluding tert-OH is 1. The van der Waals surface area contributed by atoms with E-state index in [1.54, 1.807) is 55.6 Å². The monoisotopic (exact) mass is 476 g/mol. The number of ketones is 1. The van der Waals surface area contributed by atoms with Gasteiger partial charge in [0.05, 0.1) is 28.9 Å². The molecular weight excluding hydrogens is 460 g/mol. The quantitative estimate of drug-likeness (QED) is 0.236. The Morgan fingerprint density at radius 3 is 2.39 bits per heavy atom. The first kappa shape index (κ1) is 21.2. The van der Waals surface area contributed by atoms with Crippen LogP contribution in [0.25, 0.3) is 16.0 Å². The van der Waals surface area contributed by atoms with Crippen molar-refractivity contribution in [2.24, 2.45) is 0 Å². The van der Waals surface area contributed by atoms with Gasteiger partial charge in [-0.3, -0.25) is 14.5 Å². The van der Waals surface area contributed by atoms with Gasteiger partial charge in [0.2, 0.25) is 0 Å². The van der Waals surface area contributed by atoms with Gasteiger partial charge in [-0.15, -0.1) is 0 Å². The third-order valence-electron chi connectivity index (χ3n) is 5.48. The molecule has 1 N–H and O–H groups in total. The number of methoxy groups -OCH3 is 1. The Morgan fingerprint density at radius 2 is 1.73 bits per heavy atom. The fourth-order valence-corrected chi connectivity index (χ4v) is 4.98. The highest BCUT2D eigenvalue weighted by Gasteiger charge is 2.48. The summed E-state index contributed by atoms with van der Waals surface area (Å²) in [5.41, 5.74) is 1.75. The van der Waals surface area contributed by atoms with E-state index in [1.165, 1.54) is 16.2 Å². The van der Waals surface area contributed by atoms with E-state index in [9.17, 15) is 14.7 Å². The summed E-state index contributed by atoms with van der Waals surface area (Å²) in [5, 5.41) is 12.0. The maximum absolute atomic E-state index is 13.2. The van der Waals surface area contributed by atoms with Gasteiger partial charge in [0.25, 0.3) is 5.78 Å². The topological polar surface area (TPSA) is 79.7 Å². The first-order valence-electron chi connectivity index (χ1n) is 10.0. The van der Waals surface area contributed by atoms with Crippen molar-refractivity contribution in [3.8, 4) is 5.75 Å². The summed E-state index contributed by atoms with van der Waals surface area (Å²) in [4.78, 5) is 32.4. The molecule has 0 aliphatic carbocycles. The maximum atomic E-state index is 13.2. The predicted octanol–water partition coefficient (Wildman–Crippen LogP) is 5.58.